The quantitative estimate of drug-likeness (QED) is 0.607. The third-order valence-corrected chi connectivity index (χ3v) is 3.31. The lowest BCUT2D eigenvalue weighted by Gasteiger charge is -2.08. The van der Waals surface area contributed by atoms with Gasteiger partial charge in [-0.05, 0) is 30.0 Å². The molecular weight excluding hydrogens is 222 g/mol. The van der Waals surface area contributed by atoms with Crippen molar-refractivity contribution < 1.29 is 4.57 Å². The smallest absolute Gasteiger partial charge is 0.264 e. The van der Waals surface area contributed by atoms with Crippen molar-refractivity contribution in [1.82, 2.24) is 9.97 Å². The maximum absolute atomic E-state index is 4.21. The highest BCUT2D eigenvalue weighted by Gasteiger charge is 2.11. The van der Waals surface area contributed by atoms with Gasteiger partial charge in [-0.2, -0.15) is 0 Å². The molecule has 0 spiro atoms. The first-order valence-electron chi connectivity index (χ1n) is 5.91. The van der Waals surface area contributed by atoms with Crippen LogP contribution in [0.25, 0.3) is 22.0 Å². The third kappa shape index (κ3) is 1.64. The molecule has 3 nitrogen and oxygen atoms in total. The van der Waals surface area contributed by atoms with Gasteiger partial charge in [-0.1, -0.05) is 11.1 Å². The molecule has 88 valence electrons. The fourth-order valence-electron chi connectivity index (χ4n) is 2.30. The van der Waals surface area contributed by atoms with Gasteiger partial charge in [0.15, 0.2) is 0 Å². The first kappa shape index (κ1) is 10.8. The fourth-order valence-corrected chi connectivity index (χ4v) is 2.30. The molecular formula is C15H14N3+. The van der Waals surface area contributed by atoms with E-state index in [1.54, 1.807) is 0 Å². The van der Waals surface area contributed by atoms with Crippen molar-refractivity contribution >= 4 is 10.8 Å². The molecule has 3 heteroatoms. The first-order valence-corrected chi connectivity index (χ1v) is 5.91. The molecule has 0 bridgehead atoms. The lowest BCUT2D eigenvalue weighted by molar-refractivity contribution is -0.663. The average Bonchev–Trinajstić information content (AvgIpc) is 2.41. The summed E-state index contributed by atoms with van der Waals surface area (Å²) in [6.45, 7) is 2.14. The van der Waals surface area contributed by atoms with E-state index < -0.39 is 0 Å². The molecule has 0 aliphatic rings. The molecule has 0 aliphatic carbocycles. The lowest BCUT2D eigenvalue weighted by atomic mass is 9.99. The highest BCUT2D eigenvalue weighted by Crippen LogP contribution is 2.26. The summed E-state index contributed by atoms with van der Waals surface area (Å²) in [6, 6.07) is 8.37. The Morgan fingerprint density at radius 3 is 2.67 bits per heavy atom. The number of aromatic nitrogens is 3. The van der Waals surface area contributed by atoms with Gasteiger partial charge in [0, 0.05) is 29.4 Å². The number of aryl methyl sites for hydroxylation is 2. The molecule has 3 rings (SSSR count). The van der Waals surface area contributed by atoms with Crippen molar-refractivity contribution in [3.8, 4) is 11.3 Å². The fraction of sp³-hybridized carbons (Fsp3) is 0.133. The number of fused-ring (bicyclic) bond motifs is 1. The number of hydrogen-bond donors (Lipinski definition) is 0. The van der Waals surface area contributed by atoms with Gasteiger partial charge in [-0.15, -0.1) is 0 Å². The summed E-state index contributed by atoms with van der Waals surface area (Å²) in [4.78, 5) is 8.32. The van der Waals surface area contributed by atoms with Crippen LogP contribution in [0.5, 0.6) is 0 Å². The number of rotatable bonds is 1. The molecule has 2 heterocycles. The molecule has 0 aliphatic heterocycles. The summed E-state index contributed by atoms with van der Waals surface area (Å²) >= 11 is 0. The molecule has 1 aromatic carbocycles. The van der Waals surface area contributed by atoms with E-state index in [0.717, 1.165) is 5.69 Å². The zero-order chi connectivity index (χ0) is 12.5. The van der Waals surface area contributed by atoms with Gasteiger partial charge in [-0.25, -0.2) is 4.57 Å². The van der Waals surface area contributed by atoms with E-state index in [9.17, 15) is 0 Å². The van der Waals surface area contributed by atoms with Crippen LogP contribution in [-0.4, -0.2) is 9.97 Å². The van der Waals surface area contributed by atoms with E-state index in [1.165, 1.54) is 21.9 Å². The van der Waals surface area contributed by atoms with Crippen LogP contribution in [-0.2, 0) is 7.05 Å². The van der Waals surface area contributed by atoms with Crippen LogP contribution in [0.2, 0.25) is 0 Å². The van der Waals surface area contributed by atoms with Gasteiger partial charge < -0.3 is 0 Å². The van der Waals surface area contributed by atoms with Crippen molar-refractivity contribution in [3.05, 3.63) is 54.7 Å². The second kappa shape index (κ2) is 4.18. The van der Waals surface area contributed by atoms with Gasteiger partial charge in [0.1, 0.15) is 11.9 Å². The number of benzene rings is 1. The molecule has 18 heavy (non-hydrogen) atoms. The van der Waals surface area contributed by atoms with E-state index in [1.807, 2.05) is 48.7 Å². The molecule has 2 aromatic heterocycles. The molecule has 0 saturated carbocycles. The predicted molar refractivity (Wildman–Crippen MR) is 70.9 cm³/mol. The Kier molecular flexibility index (Phi) is 2.52. The van der Waals surface area contributed by atoms with Crippen molar-refractivity contribution in [2.24, 2.45) is 7.05 Å². The zero-order valence-corrected chi connectivity index (χ0v) is 10.5. The third-order valence-electron chi connectivity index (χ3n) is 3.31. The van der Waals surface area contributed by atoms with Crippen LogP contribution < -0.4 is 4.57 Å². The van der Waals surface area contributed by atoms with Gasteiger partial charge in [-0.3, -0.25) is 4.98 Å². The summed E-state index contributed by atoms with van der Waals surface area (Å²) < 4.78 is 2.03. The SMILES string of the molecule is Cc1c(-c2ccnc[n+]2C)ccc2ccncc12. The molecule has 0 atom stereocenters. The molecule has 0 amide bonds. The summed E-state index contributed by atoms with van der Waals surface area (Å²) in [5.41, 5.74) is 3.64. The topological polar surface area (TPSA) is 29.7 Å². The Morgan fingerprint density at radius 2 is 1.83 bits per heavy atom. The predicted octanol–water partition coefficient (Wildman–Crippen LogP) is 2.43. The van der Waals surface area contributed by atoms with Crippen molar-refractivity contribution in [1.29, 1.82) is 0 Å². The van der Waals surface area contributed by atoms with E-state index in [0.29, 0.717) is 0 Å². The molecule has 0 radical (unpaired) electrons. The number of pyridine rings is 1. The molecule has 3 aromatic rings. The summed E-state index contributed by atoms with van der Waals surface area (Å²) in [6.07, 6.45) is 7.40. The van der Waals surface area contributed by atoms with Crippen LogP contribution in [0.4, 0.5) is 0 Å². The van der Waals surface area contributed by atoms with Crippen LogP contribution in [0.1, 0.15) is 5.56 Å². The van der Waals surface area contributed by atoms with Gasteiger partial charge in [0.2, 0.25) is 0 Å². The first-order chi connectivity index (χ1) is 8.77. The Hall–Kier alpha value is -2.29. The average molecular weight is 236 g/mol. The van der Waals surface area contributed by atoms with Gasteiger partial charge >= 0.3 is 0 Å². The van der Waals surface area contributed by atoms with Crippen LogP contribution in [0, 0.1) is 6.92 Å². The Labute approximate surface area is 106 Å². The van der Waals surface area contributed by atoms with Crippen LogP contribution in [0.3, 0.4) is 0 Å². The number of nitrogens with zero attached hydrogens (tertiary/aromatic N) is 3. The maximum Gasteiger partial charge on any atom is 0.286 e. The van der Waals surface area contributed by atoms with Crippen molar-refractivity contribution in [2.45, 2.75) is 6.92 Å². The molecule has 0 unspecified atom stereocenters. The monoisotopic (exact) mass is 236 g/mol. The summed E-state index contributed by atoms with van der Waals surface area (Å²) in [5, 5.41) is 2.43. The second-order valence-electron chi connectivity index (χ2n) is 4.41. The Balaban J connectivity index is 2.31. The molecule has 0 fully saturated rings. The molecule has 0 saturated heterocycles. The van der Waals surface area contributed by atoms with Gasteiger partial charge in [0.25, 0.3) is 6.33 Å². The maximum atomic E-state index is 4.21. The highest BCUT2D eigenvalue weighted by atomic mass is 15.0. The minimum atomic E-state index is 1.16. The van der Waals surface area contributed by atoms with E-state index in [2.05, 4.69) is 29.0 Å². The standard InChI is InChI=1S/C15H14N3/c1-11-13(15-6-8-17-10-18(15)2)4-3-12-5-7-16-9-14(11)12/h3-10H,1-2H3/q+1. The van der Waals surface area contributed by atoms with Crippen LogP contribution in [0.15, 0.2) is 49.2 Å². The van der Waals surface area contributed by atoms with Crippen molar-refractivity contribution in [2.75, 3.05) is 0 Å². The molecule has 0 N–H and O–H groups in total. The number of hydrogen-bond acceptors (Lipinski definition) is 2. The summed E-state index contributed by atoms with van der Waals surface area (Å²) in [5.74, 6) is 0. The van der Waals surface area contributed by atoms with Crippen molar-refractivity contribution in [3.63, 3.8) is 0 Å². The normalized spacial score (nSPS) is 10.8. The van der Waals surface area contributed by atoms with E-state index >= 15 is 0 Å². The largest absolute Gasteiger partial charge is 0.286 e. The van der Waals surface area contributed by atoms with Crippen LogP contribution >= 0.6 is 0 Å². The minimum Gasteiger partial charge on any atom is -0.264 e. The second-order valence-corrected chi connectivity index (χ2v) is 4.41. The summed E-state index contributed by atoms with van der Waals surface area (Å²) in [7, 11) is 2.01. The van der Waals surface area contributed by atoms with E-state index in [4.69, 9.17) is 0 Å². The highest BCUT2D eigenvalue weighted by molar-refractivity contribution is 5.89. The lowest BCUT2D eigenvalue weighted by Crippen LogP contribution is -2.31. The van der Waals surface area contributed by atoms with Gasteiger partial charge in [0.05, 0.1) is 7.05 Å². The minimum absolute atomic E-state index is 1.16. The van der Waals surface area contributed by atoms with E-state index in [-0.39, 0.29) is 0 Å². The Morgan fingerprint density at radius 1 is 1.00 bits per heavy atom. The zero-order valence-electron chi connectivity index (χ0n) is 10.5. The Bertz CT molecular complexity index is 720.